The van der Waals surface area contributed by atoms with E-state index in [2.05, 4.69) is 14.9 Å². The average Bonchev–Trinajstić information content (AvgIpc) is 2.68. The largest absolute Gasteiger partial charge is 0.497 e. The third-order valence-electron chi connectivity index (χ3n) is 4.52. The molecule has 1 saturated heterocycles. The molecule has 3 rings (SSSR count). The molecule has 1 aliphatic heterocycles. The Labute approximate surface area is 148 Å². The van der Waals surface area contributed by atoms with Crippen LogP contribution in [0.3, 0.4) is 0 Å². The van der Waals surface area contributed by atoms with Crippen LogP contribution >= 0.6 is 0 Å². The van der Waals surface area contributed by atoms with Crippen LogP contribution in [-0.2, 0) is 6.54 Å². The van der Waals surface area contributed by atoms with Gasteiger partial charge in [0.25, 0.3) is 0 Å². The lowest BCUT2D eigenvalue weighted by atomic mass is 9.97. The fourth-order valence-electron chi connectivity index (χ4n) is 2.99. The lowest BCUT2D eigenvalue weighted by Crippen LogP contribution is -2.35. The number of benzene rings is 1. The monoisotopic (exact) mass is 343 g/mol. The van der Waals surface area contributed by atoms with Crippen molar-refractivity contribution in [3.63, 3.8) is 0 Å². The first-order valence-corrected chi connectivity index (χ1v) is 8.61. The minimum Gasteiger partial charge on any atom is -0.497 e. The minimum atomic E-state index is 0.415. The van der Waals surface area contributed by atoms with Gasteiger partial charge in [0, 0.05) is 24.5 Å². The molecular weight excluding hydrogens is 318 g/mol. The van der Waals surface area contributed by atoms with Gasteiger partial charge in [0.15, 0.2) is 0 Å². The fourth-order valence-corrected chi connectivity index (χ4v) is 2.99. The third kappa shape index (κ3) is 5.06. The standard InChI is InChI=1S/C19H25N3O3/c1-23-17-3-5-18(6-4-17)25-14-15-7-9-22(10-8-15)13-16-11-20-19(24-2)21-12-16/h3-6,11-12,15H,7-10,13-14H2,1-2H3. The molecule has 2 aromatic rings. The number of hydrogen-bond acceptors (Lipinski definition) is 6. The van der Waals surface area contributed by atoms with Gasteiger partial charge in [0.05, 0.1) is 20.8 Å². The molecule has 0 amide bonds. The topological polar surface area (TPSA) is 56.7 Å². The molecule has 1 aromatic heterocycles. The zero-order valence-corrected chi connectivity index (χ0v) is 14.9. The number of piperidine rings is 1. The molecule has 0 spiro atoms. The highest BCUT2D eigenvalue weighted by atomic mass is 16.5. The predicted octanol–water partition coefficient (Wildman–Crippen LogP) is 2.78. The molecule has 0 radical (unpaired) electrons. The van der Waals surface area contributed by atoms with Gasteiger partial charge in [-0.2, -0.15) is 0 Å². The van der Waals surface area contributed by atoms with E-state index in [4.69, 9.17) is 14.2 Å². The van der Waals surface area contributed by atoms with E-state index in [1.54, 1.807) is 14.2 Å². The van der Waals surface area contributed by atoms with Crippen molar-refractivity contribution in [1.29, 1.82) is 0 Å². The van der Waals surface area contributed by atoms with E-state index >= 15 is 0 Å². The van der Waals surface area contributed by atoms with Crippen molar-refractivity contribution in [1.82, 2.24) is 14.9 Å². The molecule has 0 bridgehead atoms. The van der Waals surface area contributed by atoms with Crippen molar-refractivity contribution in [2.45, 2.75) is 19.4 Å². The van der Waals surface area contributed by atoms with Crippen LogP contribution in [0.25, 0.3) is 0 Å². The number of likely N-dealkylation sites (tertiary alicyclic amines) is 1. The summed E-state index contributed by atoms with van der Waals surface area (Å²) in [5.74, 6) is 2.35. The van der Waals surface area contributed by atoms with Gasteiger partial charge in [-0.1, -0.05) is 0 Å². The normalized spacial score (nSPS) is 15.8. The summed E-state index contributed by atoms with van der Waals surface area (Å²) >= 11 is 0. The van der Waals surface area contributed by atoms with Crippen LogP contribution in [-0.4, -0.2) is 48.8 Å². The van der Waals surface area contributed by atoms with E-state index in [9.17, 15) is 0 Å². The highest BCUT2D eigenvalue weighted by molar-refractivity contribution is 5.31. The maximum atomic E-state index is 5.92. The quantitative estimate of drug-likeness (QED) is 0.770. The van der Waals surface area contributed by atoms with Crippen LogP contribution in [0.1, 0.15) is 18.4 Å². The van der Waals surface area contributed by atoms with Gasteiger partial charge in [-0.15, -0.1) is 0 Å². The van der Waals surface area contributed by atoms with E-state index in [1.807, 2.05) is 36.7 Å². The first kappa shape index (κ1) is 17.5. The van der Waals surface area contributed by atoms with E-state index in [0.29, 0.717) is 11.9 Å². The molecule has 0 saturated carbocycles. The molecule has 0 atom stereocenters. The maximum absolute atomic E-state index is 5.92. The molecule has 6 heteroatoms. The fraction of sp³-hybridized carbons (Fsp3) is 0.474. The molecule has 1 aromatic carbocycles. The zero-order valence-electron chi connectivity index (χ0n) is 14.9. The molecule has 0 N–H and O–H groups in total. The number of ether oxygens (including phenoxy) is 3. The van der Waals surface area contributed by atoms with Crippen molar-refractivity contribution in [2.75, 3.05) is 33.9 Å². The van der Waals surface area contributed by atoms with Gasteiger partial charge in [-0.05, 0) is 56.1 Å². The van der Waals surface area contributed by atoms with Gasteiger partial charge >= 0.3 is 6.01 Å². The molecule has 6 nitrogen and oxygen atoms in total. The van der Waals surface area contributed by atoms with Gasteiger partial charge in [0.2, 0.25) is 0 Å². The lowest BCUT2D eigenvalue weighted by molar-refractivity contribution is 0.136. The van der Waals surface area contributed by atoms with Crippen LogP contribution < -0.4 is 14.2 Å². The van der Waals surface area contributed by atoms with Gasteiger partial charge in [-0.25, -0.2) is 9.97 Å². The summed E-state index contributed by atoms with van der Waals surface area (Å²) in [4.78, 5) is 10.8. The summed E-state index contributed by atoms with van der Waals surface area (Å²) in [5.41, 5.74) is 1.12. The molecule has 1 aliphatic rings. The van der Waals surface area contributed by atoms with Crippen molar-refractivity contribution in [3.8, 4) is 17.5 Å². The molecule has 0 unspecified atom stereocenters. The van der Waals surface area contributed by atoms with Crippen LogP contribution in [0.4, 0.5) is 0 Å². The number of nitrogens with zero attached hydrogens (tertiary/aromatic N) is 3. The third-order valence-corrected chi connectivity index (χ3v) is 4.52. The Morgan fingerprint density at radius 1 is 0.960 bits per heavy atom. The highest BCUT2D eigenvalue weighted by Crippen LogP contribution is 2.22. The van der Waals surface area contributed by atoms with Crippen molar-refractivity contribution in [2.24, 2.45) is 5.92 Å². The highest BCUT2D eigenvalue weighted by Gasteiger charge is 2.20. The Bertz CT molecular complexity index is 638. The SMILES string of the molecule is COc1ccc(OCC2CCN(Cc3cnc(OC)nc3)CC2)cc1. The zero-order chi connectivity index (χ0) is 17.5. The number of rotatable bonds is 7. The summed E-state index contributed by atoms with van der Waals surface area (Å²) in [7, 11) is 3.25. The predicted molar refractivity (Wildman–Crippen MR) is 95.1 cm³/mol. The average molecular weight is 343 g/mol. The molecular formula is C19H25N3O3. The van der Waals surface area contributed by atoms with Crippen molar-refractivity contribution >= 4 is 0 Å². The Morgan fingerprint density at radius 2 is 1.60 bits per heavy atom. The van der Waals surface area contributed by atoms with E-state index < -0.39 is 0 Å². The van der Waals surface area contributed by atoms with Crippen molar-refractivity contribution < 1.29 is 14.2 Å². The van der Waals surface area contributed by atoms with Gasteiger partial charge in [-0.3, -0.25) is 4.90 Å². The Morgan fingerprint density at radius 3 is 2.20 bits per heavy atom. The van der Waals surface area contributed by atoms with Gasteiger partial charge in [0.1, 0.15) is 11.5 Å². The van der Waals surface area contributed by atoms with Crippen LogP contribution in [0.15, 0.2) is 36.7 Å². The van der Waals surface area contributed by atoms with Crippen LogP contribution in [0.5, 0.6) is 17.5 Å². The second kappa shape index (κ2) is 8.67. The summed E-state index contributed by atoms with van der Waals surface area (Å²) in [5, 5.41) is 0. The second-order valence-electron chi connectivity index (χ2n) is 6.28. The van der Waals surface area contributed by atoms with Gasteiger partial charge < -0.3 is 14.2 Å². The summed E-state index contributed by atoms with van der Waals surface area (Å²) < 4.78 is 16.1. The van der Waals surface area contributed by atoms with E-state index in [1.165, 1.54) is 0 Å². The molecule has 134 valence electrons. The number of hydrogen-bond donors (Lipinski definition) is 0. The first-order chi connectivity index (χ1) is 12.3. The Balaban J connectivity index is 1.40. The van der Waals surface area contributed by atoms with E-state index in [-0.39, 0.29) is 0 Å². The molecule has 0 aliphatic carbocycles. The minimum absolute atomic E-state index is 0.415. The summed E-state index contributed by atoms with van der Waals surface area (Å²) in [6.07, 6.45) is 5.97. The lowest BCUT2D eigenvalue weighted by Gasteiger charge is -2.31. The van der Waals surface area contributed by atoms with Crippen LogP contribution in [0.2, 0.25) is 0 Å². The first-order valence-electron chi connectivity index (χ1n) is 8.61. The molecule has 25 heavy (non-hydrogen) atoms. The smallest absolute Gasteiger partial charge is 0.316 e. The van der Waals surface area contributed by atoms with E-state index in [0.717, 1.165) is 56.1 Å². The summed E-state index contributed by atoms with van der Waals surface area (Å²) in [6.45, 7) is 3.80. The van der Waals surface area contributed by atoms with Crippen LogP contribution in [0, 0.1) is 5.92 Å². The molecule has 1 fully saturated rings. The number of methoxy groups -OCH3 is 2. The Kier molecular flexibility index (Phi) is 6.06. The molecule has 2 heterocycles. The Hall–Kier alpha value is -2.34. The summed E-state index contributed by atoms with van der Waals surface area (Å²) in [6, 6.07) is 8.18. The second-order valence-corrected chi connectivity index (χ2v) is 6.28. The van der Waals surface area contributed by atoms with Crippen molar-refractivity contribution in [3.05, 3.63) is 42.2 Å². The number of aromatic nitrogens is 2. The maximum Gasteiger partial charge on any atom is 0.316 e.